The maximum Gasteiger partial charge on any atom is 0.325 e. The zero-order valence-electron chi connectivity index (χ0n) is 16.3. The number of carbonyl (C=O) groups is 2. The van der Waals surface area contributed by atoms with Gasteiger partial charge in [-0.3, -0.25) is 9.59 Å². The van der Waals surface area contributed by atoms with Crippen molar-refractivity contribution in [2.24, 2.45) is 5.92 Å². The third-order valence-corrected chi connectivity index (χ3v) is 5.74. The summed E-state index contributed by atoms with van der Waals surface area (Å²) >= 11 is 5.80. The quantitative estimate of drug-likeness (QED) is 0.616. The molecule has 7 nitrogen and oxygen atoms in total. The fraction of sp³-hybridized carbons (Fsp3) is 0.300. The van der Waals surface area contributed by atoms with E-state index in [1.807, 2.05) is 0 Å². The van der Waals surface area contributed by atoms with Crippen molar-refractivity contribution in [3.63, 3.8) is 0 Å². The van der Waals surface area contributed by atoms with Crippen LogP contribution in [0.1, 0.15) is 20.8 Å². The highest BCUT2D eigenvalue weighted by Crippen LogP contribution is 2.15. The van der Waals surface area contributed by atoms with Gasteiger partial charge in [0.2, 0.25) is 10.0 Å². The molecule has 0 bridgehead atoms. The standard InChI is InChI=1S/C20H23ClN2O5S/c1-13(2)18(23-29(26,27)17-7-5-4-6-8-17)20(25)28-14(3)19(24)22-16-11-9-15(21)10-12-16/h4-14,18,23H,1-3H3,(H,22,24)/t14-,18+/m0/s1. The highest BCUT2D eigenvalue weighted by atomic mass is 35.5. The molecule has 2 aromatic rings. The minimum Gasteiger partial charge on any atom is -0.451 e. The first-order valence-corrected chi connectivity index (χ1v) is 10.8. The van der Waals surface area contributed by atoms with E-state index in [0.717, 1.165) is 0 Å². The summed E-state index contributed by atoms with van der Waals surface area (Å²) in [6.45, 7) is 4.77. The van der Waals surface area contributed by atoms with Gasteiger partial charge in [-0.25, -0.2) is 8.42 Å². The third kappa shape index (κ3) is 6.56. The second kappa shape index (κ2) is 9.87. The average molecular weight is 439 g/mol. The summed E-state index contributed by atoms with van der Waals surface area (Å²) in [4.78, 5) is 24.9. The molecule has 0 spiro atoms. The van der Waals surface area contributed by atoms with Gasteiger partial charge in [-0.15, -0.1) is 0 Å². The van der Waals surface area contributed by atoms with Gasteiger partial charge in [0.25, 0.3) is 5.91 Å². The summed E-state index contributed by atoms with van der Waals surface area (Å²) in [5.41, 5.74) is 0.493. The van der Waals surface area contributed by atoms with Crippen LogP contribution in [0.4, 0.5) is 5.69 Å². The van der Waals surface area contributed by atoms with Gasteiger partial charge in [-0.05, 0) is 49.2 Å². The van der Waals surface area contributed by atoms with Crippen molar-refractivity contribution in [3.05, 3.63) is 59.6 Å². The Balaban J connectivity index is 2.04. The van der Waals surface area contributed by atoms with Crippen LogP contribution in [0.2, 0.25) is 5.02 Å². The summed E-state index contributed by atoms with van der Waals surface area (Å²) in [6, 6.07) is 13.0. The van der Waals surface area contributed by atoms with E-state index in [4.69, 9.17) is 16.3 Å². The first-order valence-electron chi connectivity index (χ1n) is 8.94. The van der Waals surface area contributed by atoms with Crippen LogP contribution in [0, 0.1) is 5.92 Å². The molecule has 0 aliphatic carbocycles. The van der Waals surface area contributed by atoms with Crippen LogP contribution in [0.5, 0.6) is 0 Å². The first-order chi connectivity index (χ1) is 13.6. The van der Waals surface area contributed by atoms with E-state index in [1.54, 1.807) is 56.3 Å². The Morgan fingerprint density at radius 3 is 2.10 bits per heavy atom. The molecule has 0 saturated carbocycles. The van der Waals surface area contributed by atoms with Gasteiger partial charge in [0.1, 0.15) is 6.04 Å². The summed E-state index contributed by atoms with van der Waals surface area (Å²) in [5, 5.41) is 3.12. The number of hydrogen-bond donors (Lipinski definition) is 2. The molecule has 2 aromatic carbocycles. The Hall–Kier alpha value is -2.42. The molecule has 0 aliphatic heterocycles. The molecule has 0 heterocycles. The van der Waals surface area contributed by atoms with E-state index >= 15 is 0 Å². The molecule has 9 heteroatoms. The molecule has 0 fully saturated rings. The highest BCUT2D eigenvalue weighted by molar-refractivity contribution is 7.89. The number of sulfonamides is 1. The van der Waals surface area contributed by atoms with Crippen LogP contribution < -0.4 is 10.0 Å². The maximum atomic E-state index is 12.6. The summed E-state index contributed by atoms with van der Waals surface area (Å²) in [6.07, 6.45) is -1.12. The topological polar surface area (TPSA) is 102 Å². The van der Waals surface area contributed by atoms with Crippen molar-refractivity contribution in [2.75, 3.05) is 5.32 Å². The molecule has 2 atom stereocenters. The van der Waals surface area contributed by atoms with Gasteiger partial charge >= 0.3 is 5.97 Å². The molecule has 2 N–H and O–H groups in total. The lowest BCUT2D eigenvalue weighted by atomic mass is 10.1. The summed E-state index contributed by atoms with van der Waals surface area (Å²) < 4.78 is 32.6. The van der Waals surface area contributed by atoms with E-state index in [2.05, 4.69) is 10.0 Å². The van der Waals surface area contributed by atoms with Crippen molar-refractivity contribution in [1.82, 2.24) is 4.72 Å². The minimum atomic E-state index is -3.92. The second-order valence-electron chi connectivity index (χ2n) is 6.73. The number of hydrogen-bond acceptors (Lipinski definition) is 5. The molecule has 0 unspecified atom stereocenters. The van der Waals surface area contributed by atoms with Gasteiger partial charge in [0, 0.05) is 10.7 Å². The first kappa shape index (κ1) is 22.9. The fourth-order valence-corrected chi connectivity index (χ4v) is 3.85. The average Bonchev–Trinajstić information content (AvgIpc) is 2.68. The summed E-state index contributed by atoms with van der Waals surface area (Å²) in [5.74, 6) is -1.78. The van der Waals surface area contributed by atoms with Crippen molar-refractivity contribution >= 4 is 39.2 Å². The smallest absolute Gasteiger partial charge is 0.325 e. The number of halogens is 1. The Bertz CT molecular complexity index is 947. The summed E-state index contributed by atoms with van der Waals surface area (Å²) in [7, 11) is -3.92. The van der Waals surface area contributed by atoms with Crippen LogP contribution in [0.15, 0.2) is 59.5 Å². The number of benzene rings is 2. The Morgan fingerprint density at radius 1 is 0.966 bits per heavy atom. The predicted octanol–water partition coefficient (Wildman–Crippen LogP) is 3.21. The van der Waals surface area contributed by atoms with Gasteiger partial charge in [-0.1, -0.05) is 43.6 Å². The van der Waals surface area contributed by atoms with E-state index in [1.165, 1.54) is 19.1 Å². The number of anilines is 1. The van der Waals surface area contributed by atoms with Crippen LogP contribution in [0.3, 0.4) is 0 Å². The molecular formula is C20H23ClN2O5S. The number of esters is 1. The zero-order chi connectivity index (χ0) is 21.6. The Morgan fingerprint density at radius 2 is 1.55 bits per heavy atom. The van der Waals surface area contributed by atoms with E-state index < -0.39 is 40.0 Å². The van der Waals surface area contributed by atoms with Gasteiger partial charge < -0.3 is 10.1 Å². The molecule has 0 aliphatic rings. The van der Waals surface area contributed by atoms with Crippen LogP contribution in [-0.4, -0.2) is 32.4 Å². The number of ether oxygens (including phenoxy) is 1. The minimum absolute atomic E-state index is 0.0342. The molecule has 2 rings (SSSR count). The third-order valence-electron chi connectivity index (χ3n) is 4.03. The molecule has 0 radical (unpaired) electrons. The number of amides is 1. The van der Waals surface area contributed by atoms with Crippen molar-refractivity contribution in [3.8, 4) is 0 Å². The van der Waals surface area contributed by atoms with E-state index in [-0.39, 0.29) is 4.90 Å². The second-order valence-corrected chi connectivity index (χ2v) is 8.88. The molecule has 0 aromatic heterocycles. The predicted molar refractivity (Wildman–Crippen MR) is 111 cm³/mol. The van der Waals surface area contributed by atoms with Gasteiger partial charge in [-0.2, -0.15) is 4.72 Å². The van der Waals surface area contributed by atoms with Crippen molar-refractivity contribution in [1.29, 1.82) is 0 Å². The lowest BCUT2D eigenvalue weighted by Crippen LogP contribution is -2.47. The van der Waals surface area contributed by atoms with E-state index in [9.17, 15) is 18.0 Å². The SMILES string of the molecule is CC(C)[C@@H](NS(=O)(=O)c1ccccc1)C(=O)O[C@@H](C)C(=O)Nc1ccc(Cl)cc1. The molecule has 1 amide bonds. The van der Waals surface area contributed by atoms with Crippen LogP contribution in [0.25, 0.3) is 0 Å². The normalized spacial score (nSPS) is 13.6. The van der Waals surface area contributed by atoms with Crippen LogP contribution in [-0.2, 0) is 24.3 Å². The molecule has 156 valence electrons. The van der Waals surface area contributed by atoms with Gasteiger partial charge in [0.05, 0.1) is 4.90 Å². The lowest BCUT2D eigenvalue weighted by Gasteiger charge is -2.23. The Kier molecular flexibility index (Phi) is 7.78. The molecular weight excluding hydrogens is 416 g/mol. The number of nitrogens with one attached hydrogen (secondary N) is 2. The maximum absolute atomic E-state index is 12.6. The van der Waals surface area contributed by atoms with Crippen molar-refractivity contribution < 1.29 is 22.7 Å². The van der Waals surface area contributed by atoms with Gasteiger partial charge in [0.15, 0.2) is 6.10 Å². The Labute approximate surface area is 175 Å². The molecule has 0 saturated heterocycles. The zero-order valence-corrected chi connectivity index (χ0v) is 17.8. The fourth-order valence-electron chi connectivity index (χ4n) is 2.37. The number of rotatable bonds is 8. The highest BCUT2D eigenvalue weighted by Gasteiger charge is 2.31. The number of carbonyl (C=O) groups excluding carboxylic acids is 2. The van der Waals surface area contributed by atoms with Crippen LogP contribution >= 0.6 is 11.6 Å². The largest absolute Gasteiger partial charge is 0.451 e. The van der Waals surface area contributed by atoms with Crippen molar-refractivity contribution in [2.45, 2.75) is 37.8 Å². The lowest BCUT2D eigenvalue weighted by molar-refractivity contribution is -0.155. The monoisotopic (exact) mass is 438 g/mol. The van der Waals surface area contributed by atoms with E-state index in [0.29, 0.717) is 10.7 Å². The molecule has 29 heavy (non-hydrogen) atoms.